The molecule has 0 rings (SSSR count). The smallest absolute Gasteiger partial charge is 0.303 e. The van der Waals surface area contributed by atoms with E-state index in [1.54, 1.807) is 0 Å². The lowest BCUT2D eigenvalue weighted by Gasteiger charge is -2.16. The molecule has 0 aromatic heterocycles. The Hall–Kier alpha value is -0.610. The van der Waals surface area contributed by atoms with Crippen molar-refractivity contribution in [3.05, 3.63) is 0 Å². The summed E-state index contributed by atoms with van der Waals surface area (Å²) in [5.74, 6) is -0.695. The van der Waals surface area contributed by atoms with Crippen LogP contribution in [-0.2, 0) is 4.79 Å². The summed E-state index contributed by atoms with van der Waals surface area (Å²) in [6.45, 7) is 2.19. The van der Waals surface area contributed by atoms with Crippen LogP contribution in [0, 0.1) is 0 Å². The van der Waals surface area contributed by atoms with Gasteiger partial charge in [0.05, 0.1) is 6.10 Å². The first-order valence-electron chi connectivity index (χ1n) is 9.21. The molecule has 0 bridgehead atoms. The lowest BCUT2D eigenvalue weighted by Crippen LogP contribution is -2.26. The van der Waals surface area contributed by atoms with Crippen molar-refractivity contribution in [3.8, 4) is 0 Å². The van der Waals surface area contributed by atoms with E-state index in [1.807, 2.05) is 0 Å². The third kappa shape index (κ3) is 15.8. The highest BCUT2D eigenvalue weighted by Gasteiger charge is 2.10. The molecule has 0 aliphatic heterocycles. The molecule has 0 fully saturated rings. The highest BCUT2D eigenvalue weighted by atomic mass is 16.4. The molecule has 4 N–H and O–H groups in total. The van der Waals surface area contributed by atoms with Crippen molar-refractivity contribution in [3.63, 3.8) is 0 Å². The average Bonchev–Trinajstić information content (AvgIpc) is 2.46. The quantitative estimate of drug-likeness (QED) is 0.372. The number of nitrogens with two attached hydrogens (primary N) is 1. The second-order valence-electron chi connectivity index (χ2n) is 6.55. The summed E-state index contributed by atoms with van der Waals surface area (Å²) in [4.78, 5) is 10.4. The van der Waals surface area contributed by atoms with E-state index >= 15 is 0 Å². The maximum atomic E-state index is 10.4. The number of rotatable bonds is 16. The Labute approximate surface area is 136 Å². The minimum Gasteiger partial charge on any atom is -0.481 e. The minimum atomic E-state index is -0.695. The van der Waals surface area contributed by atoms with Crippen LogP contribution in [0.25, 0.3) is 0 Å². The van der Waals surface area contributed by atoms with Gasteiger partial charge in [0.15, 0.2) is 0 Å². The number of aliphatic carboxylic acids is 1. The summed E-state index contributed by atoms with van der Waals surface area (Å²) < 4.78 is 0. The van der Waals surface area contributed by atoms with Crippen molar-refractivity contribution in [2.45, 2.75) is 109 Å². The summed E-state index contributed by atoms with van der Waals surface area (Å²) in [6, 6.07) is 0.119. The topological polar surface area (TPSA) is 83.5 Å². The molecule has 22 heavy (non-hydrogen) atoms. The van der Waals surface area contributed by atoms with Crippen molar-refractivity contribution < 1.29 is 15.0 Å². The number of unbranched alkanes of at least 4 members (excludes halogenated alkanes) is 8. The average molecular weight is 315 g/mol. The standard InChI is InChI=1S/C18H37NO3/c1-2-3-4-10-13-17(20)15-16(19)12-9-7-5-6-8-11-14-18(21)22/h16-17,20H,2-15,19H2,1H3,(H,21,22). The van der Waals surface area contributed by atoms with E-state index in [9.17, 15) is 9.90 Å². The van der Waals surface area contributed by atoms with Gasteiger partial charge in [-0.05, 0) is 25.7 Å². The predicted molar refractivity (Wildman–Crippen MR) is 91.9 cm³/mol. The highest BCUT2D eigenvalue weighted by Crippen LogP contribution is 2.13. The van der Waals surface area contributed by atoms with E-state index in [2.05, 4.69) is 6.92 Å². The Morgan fingerprint density at radius 1 is 0.909 bits per heavy atom. The zero-order valence-corrected chi connectivity index (χ0v) is 14.4. The van der Waals surface area contributed by atoms with Gasteiger partial charge in [0.1, 0.15) is 0 Å². The van der Waals surface area contributed by atoms with Crippen LogP contribution in [-0.4, -0.2) is 28.3 Å². The van der Waals surface area contributed by atoms with Crippen LogP contribution in [0.1, 0.15) is 96.8 Å². The number of aliphatic hydroxyl groups excluding tert-OH is 1. The summed E-state index contributed by atoms with van der Waals surface area (Å²) in [5, 5.41) is 18.5. The van der Waals surface area contributed by atoms with Gasteiger partial charge in [0.2, 0.25) is 0 Å². The monoisotopic (exact) mass is 315 g/mol. The summed E-state index contributed by atoms with van der Waals surface area (Å²) in [5.41, 5.74) is 6.08. The lowest BCUT2D eigenvalue weighted by molar-refractivity contribution is -0.137. The molecule has 4 nitrogen and oxygen atoms in total. The first-order chi connectivity index (χ1) is 10.6. The number of hydrogen-bond acceptors (Lipinski definition) is 3. The predicted octanol–water partition coefficient (Wildman–Crippen LogP) is 4.24. The molecule has 0 saturated heterocycles. The molecule has 0 saturated carbocycles. The molecule has 132 valence electrons. The van der Waals surface area contributed by atoms with Gasteiger partial charge >= 0.3 is 5.97 Å². The van der Waals surface area contributed by atoms with E-state index in [-0.39, 0.29) is 12.1 Å². The normalized spacial score (nSPS) is 14.0. The molecule has 0 aliphatic rings. The largest absolute Gasteiger partial charge is 0.481 e. The van der Waals surface area contributed by atoms with Crippen LogP contribution in [0.2, 0.25) is 0 Å². The third-order valence-electron chi connectivity index (χ3n) is 4.18. The number of aliphatic hydroxyl groups is 1. The number of carboxylic acids is 1. The van der Waals surface area contributed by atoms with Gasteiger partial charge in [-0.15, -0.1) is 0 Å². The van der Waals surface area contributed by atoms with Gasteiger partial charge < -0.3 is 15.9 Å². The van der Waals surface area contributed by atoms with Crippen molar-refractivity contribution in [2.75, 3.05) is 0 Å². The molecule has 2 unspecified atom stereocenters. The van der Waals surface area contributed by atoms with Crippen LogP contribution < -0.4 is 5.73 Å². The van der Waals surface area contributed by atoms with E-state index in [0.29, 0.717) is 6.42 Å². The summed E-state index contributed by atoms with van der Waals surface area (Å²) in [7, 11) is 0. The van der Waals surface area contributed by atoms with E-state index in [1.165, 1.54) is 19.3 Å². The fourth-order valence-electron chi connectivity index (χ4n) is 2.78. The second-order valence-corrected chi connectivity index (χ2v) is 6.55. The molecular weight excluding hydrogens is 278 g/mol. The van der Waals surface area contributed by atoms with Crippen molar-refractivity contribution >= 4 is 5.97 Å². The van der Waals surface area contributed by atoms with Gasteiger partial charge in [-0.2, -0.15) is 0 Å². The van der Waals surface area contributed by atoms with E-state index < -0.39 is 5.97 Å². The number of carbonyl (C=O) groups is 1. The molecule has 0 heterocycles. The molecule has 0 spiro atoms. The zero-order chi connectivity index (χ0) is 16.6. The van der Waals surface area contributed by atoms with Crippen LogP contribution in [0.3, 0.4) is 0 Å². The Morgan fingerprint density at radius 3 is 2.09 bits per heavy atom. The third-order valence-corrected chi connectivity index (χ3v) is 4.18. The van der Waals surface area contributed by atoms with Crippen molar-refractivity contribution in [1.82, 2.24) is 0 Å². The van der Waals surface area contributed by atoms with Crippen molar-refractivity contribution in [2.24, 2.45) is 5.73 Å². The molecular formula is C18H37NO3. The molecule has 0 aromatic carbocycles. The van der Waals surface area contributed by atoms with Gasteiger partial charge in [0.25, 0.3) is 0 Å². The van der Waals surface area contributed by atoms with Gasteiger partial charge in [-0.3, -0.25) is 4.79 Å². The molecule has 2 atom stereocenters. The Balaban J connectivity index is 3.34. The molecule has 0 amide bonds. The molecule has 0 aromatic rings. The summed E-state index contributed by atoms with van der Waals surface area (Å²) in [6.07, 6.45) is 13.8. The maximum absolute atomic E-state index is 10.4. The first-order valence-corrected chi connectivity index (χ1v) is 9.21. The highest BCUT2D eigenvalue weighted by molar-refractivity contribution is 5.66. The number of hydrogen-bond donors (Lipinski definition) is 3. The number of carboxylic acid groups (broad SMARTS) is 1. The van der Waals surface area contributed by atoms with Crippen molar-refractivity contribution in [1.29, 1.82) is 0 Å². The van der Waals surface area contributed by atoms with Gasteiger partial charge in [-0.1, -0.05) is 64.7 Å². The Bertz CT molecular complexity index is 259. The maximum Gasteiger partial charge on any atom is 0.303 e. The van der Waals surface area contributed by atoms with Crippen LogP contribution in [0.4, 0.5) is 0 Å². The van der Waals surface area contributed by atoms with E-state index in [4.69, 9.17) is 10.8 Å². The molecule has 0 radical (unpaired) electrons. The van der Waals surface area contributed by atoms with Crippen LogP contribution in [0.5, 0.6) is 0 Å². The summed E-state index contributed by atoms with van der Waals surface area (Å²) >= 11 is 0. The van der Waals surface area contributed by atoms with Gasteiger partial charge in [-0.25, -0.2) is 0 Å². The van der Waals surface area contributed by atoms with Crippen LogP contribution >= 0.6 is 0 Å². The second kappa shape index (κ2) is 15.3. The van der Waals surface area contributed by atoms with E-state index in [0.717, 1.165) is 64.2 Å². The Morgan fingerprint density at radius 2 is 1.45 bits per heavy atom. The fraction of sp³-hybridized carbons (Fsp3) is 0.944. The molecule has 0 aliphatic carbocycles. The fourth-order valence-corrected chi connectivity index (χ4v) is 2.78. The Kier molecular flexibility index (Phi) is 14.9. The lowest BCUT2D eigenvalue weighted by atomic mass is 9.99. The SMILES string of the molecule is CCCCCCC(O)CC(N)CCCCCCCCC(=O)O. The zero-order valence-electron chi connectivity index (χ0n) is 14.4. The molecule has 4 heteroatoms. The first kappa shape index (κ1) is 21.4. The van der Waals surface area contributed by atoms with Crippen LogP contribution in [0.15, 0.2) is 0 Å². The minimum absolute atomic E-state index is 0.119. The van der Waals surface area contributed by atoms with Gasteiger partial charge in [0, 0.05) is 12.5 Å².